The van der Waals surface area contributed by atoms with E-state index in [4.69, 9.17) is 15.2 Å². The summed E-state index contributed by atoms with van der Waals surface area (Å²) >= 11 is 0. The number of amides is 2. The smallest absolute Gasteiger partial charge is 0.252 e. The van der Waals surface area contributed by atoms with Gasteiger partial charge in [0.1, 0.15) is 11.6 Å². The molecule has 0 spiro atoms. The third-order valence-electron chi connectivity index (χ3n) is 6.05. The Morgan fingerprint density at radius 1 is 1.21 bits per heavy atom. The number of ether oxygens (including phenoxy) is 2. The molecule has 1 saturated carbocycles. The summed E-state index contributed by atoms with van der Waals surface area (Å²) in [6, 6.07) is 7.49. The SMILES string of the molecule is COc1c(Nc2cc(NC(=O)C3CC3)ncc2C(N)=O)cccc1-c1cnn([C@@H]2CCOC2)c1. The fourth-order valence-corrected chi connectivity index (χ4v) is 4.03. The van der Waals surface area contributed by atoms with Crippen LogP contribution in [0.2, 0.25) is 0 Å². The van der Waals surface area contributed by atoms with Gasteiger partial charge in [0.25, 0.3) is 5.91 Å². The van der Waals surface area contributed by atoms with Gasteiger partial charge in [0, 0.05) is 42.1 Å². The number of hydrogen-bond donors (Lipinski definition) is 3. The molecule has 2 aromatic heterocycles. The van der Waals surface area contributed by atoms with Crippen molar-refractivity contribution in [3.8, 4) is 16.9 Å². The molecule has 1 aliphatic carbocycles. The van der Waals surface area contributed by atoms with Gasteiger partial charge in [-0.3, -0.25) is 14.3 Å². The molecule has 34 heavy (non-hydrogen) atoms. The number of carbonyl (C=O) groups is 2. The molecule has 0 unspecified atom stereocenters. The van der Waals surface area contributed by atoms with Gasteiger partial charge < -0.3 is 25.8 Å². The van der Waals surface area contributed by atoms with E-state index in [1.165, 1.54) is 6.20 Å². The quantitative estimate of drug-likeness (QED) is 0.468. The molecule has 2 fully saturated rings. The van der Waals surface area contributed by atoms with E-state index in [2.05, 4.69) is 20.7 Å². The second kappa shape index (κ2) is 9.14. The van der Waals surface area contributed by atoms with Crippen LogP contribution < -0.4 is 21.1 Å². The minimum absolute atomic E-state index is 0.0301. The minimum atomic E-state index is -0.634. The molecule has 1 aliphatic heterocycles. The van der Waals surface area contributed by atoms with Crippen LogP contribution in [0.4, 0.5) is 17.2 Å². The predicted molar refractivity (Wildman–Crippen MR) is 126 cm³/mol. The minimum Gasteiger partial charge on any atom is -0.494 e. The maximum absolute atomic E-state index is 12.2. The van der Waals surface area contributed by atoms with Gasteiger partial charge in [-0.2, -0.15) is 5.10 Å². The van der Waals surface area contributed by atoms with Crippen LogP contribution in [0.25, 0.3) is 11.1 Å². The van der Waals surface area contributed by atoms with E-state index in [1.54, 1.807) is 19.4 Å². The first kappa shape index (κ1) is 21.9. The molecule has 4 N–H and O–H groups in total. The van der Waals surface area contributed by atoms with E-state index in [0.29, 0.717) is 29.5 Å². The van der Waals surface area contributed by atoms with Crippen molar-refractivity contribution in [1.82, 2.24) is 14.8 Å². The van der Waals surface area contributed by atoms with Crippen LogP contribution in [-0.4, -0.2) is 46.9 Å². The lowest BCUT2D eigenvalue weighted by Gasteiger charge is -2.17. The number of methoxy groups -OCH3 is 1. The van der Waals surface area contributed by atoms with E-state index in [9.17, 15) is 9.59 Å². The number of benzene rings is 1. The van der Waals surface area contributed by atoms with E-state index >= 15 is 0 Å². The zero-order chi connectivity index (χ0) is 23.7. The Morgan fingerprint density at radius 3 is 2.76 bits per heavy atom. The number of primary amides is 1. The van der Waals surface area contributed by atoms with Gasteiger partial charge in [-0.05, 0) is 25.3 Å². The number of nitrogens with zero attached hydrogens (tertiary/aromatic N) is 3. The maximum Gasteiger partial charge on any atom is 0.252 e. The highest BCUT2D eigenvalue weighted by Crippen LogP contribution is 2.39. The van der Waals surface area contributed by atoms with Crippen molar-refractivity contribution in [2.24, 2.45) is 11.7 Å². The largest absolute Gasteiger partial charge is 0.494 e. The Bertz CT molecular complexity index is 1230. The molecule has 0 radical (unpaired) electrons. The number of hydrogen-bond acceptors (Lipinski definition) is 7. The molecule has 1 atom stereocenters. The highest BCUT2D eigenvalue weighted by molar-refractivity contribution is 6.01. The Morgan fingerprint density at radius 2 is 2.06 bits per heavy atom. The predicted octanol–water partition coefficient (Wildman–Crippen LogP) is 3.11. The average Bonchev–Trinajstić information content (AvgIpc) is 3.32. The number of anilines is 3. The van der Waals surface area contributed by atoms with E-state index < -0.39 is 5.91 Å². The van der Waals surface area contributed by atoms with Crippen LogP contribution in [0.5, 0.6) is 5.75 Å². The second-order valence-electron chi connectivity index (χ2n) is 8.48. The molecule has 0 bridgehead atoms. The van der Waals surface area contributed by atoms with Crippen molar-refractivity contribution in [2.75, 3.05) is 31.0 Å². The molecular formula is C24H26N6O4. The Balaban J connectivity index is 1.46. The molecule has 1 aromatic carbocycles. The van der Waals surface area contributed by atoms with E-state index in [-0.39, 0.29) is 23.4 Å². The van der Waals surface area contributed by atoms with Crippen LogP contribution in [0, 0.1) is 5.92 Å². The van der Waals surface area contributed by atoms with Gasteiger partial charge in [0.05, 0.1) is 42.9 Å². The molecule has 3 aromatic rings. The molecule has 3 heterocycles. The summed E-state index contributed by atoms with van der Waals surface area (Å²) in [5, 5.41) is 10.5. The first-order valence-electron chi connectivity index (χ1n) is 11.2. The van der Waals surface area contributed by atoms with Crippen molar-refractivity contribution in [1.29, 1.82) is 0 Å². The number of carbonyl (C=O) groups excluding carboxylic acids is 2. The van der Waals surface area contributed by atoms with Crippen LogP contribution in [0.1, 0.15) is 35.7 Å². The molecular weight excluding hydrogens is 436 g/mol. The number of rotatable bonds is 8. The first-order valence-corrected chi connectivity index (χ1v) is 11.2. The monoisotopic (exact) mass is 462 g/mol. The number of para-hydroxylation sites is 1. The lowest BCUT2D eigenvalue weighted by Crippen LogP contribution is -2.17. The lowest BCUT2D eigenvalue weighted by molar-refractivity contribution is -0.117. The third kappa shape index (κ3) is 4.44. The Kier molecular flexibility index (Phi) is 5.89. The topological polar surface area (TPSA) is 133 Å². The van der Waals surface area contributed by atoms with Crippen LogP contribution in [-0.2, 0) is 9.53 Å². The van der Waals surface area contributed by atoms with Crippen molar-refractivity contribution in [3.63, 3.8) is 0 Å². The second-order valence-corrected chi connectivity index (χ2v) is 8.48. The van der Waals surface area contributed by atoms with Crippen molar-refractivity contribution >= 4 is 29.0 Å². The molecule has 2 amide bonds. The maximum atomic E-state index is 12.2. The fourth-order valence-electron chi connectivity index (χ4n) is 4.03. The van der Waals surface area contributed by atoms with Gasteiger partial charge in [-0.25, -0.2) is 4.98 Å². The number of nitrogens with two attached hydrogens (primary N) is 1. The van der Waals surface area contributed by atoms with Gasteiger partial charge in [-0.15, -0.1) is 0 Å². The average molecular weight is 463 g/mol. The molecule has 1 saturated heterocycles. The summed E-state index contributed by atoms with van der Waals surface area (Å²) in [5.74, 6) is 0.252. The lowest BCUT2D eigenvalue weighted by atomic mass is 10.1. The number of nitrogens with one attached hydrogen (secondary N) is 2. The number of pyridine rings is 1. The molecule has 10 nitrogen and oxygen atoms in total. The Hall–Kier alpha value is -3.92. The molecule has 10 heteroatoms. The highest BCUT2D eigenvalue weighted by Gasteiger charge is 2.30. The third-order valence-corrected chi connectivity index (χ3v) is 6.05. The van der Waals surface area contributed by atoms with Gasteiger partial charge >= 0.3 is 0 Å². The first-order chi connectivity index (χ1) is 16.5. The van der Waals surface area contributed by atoms with Crippen molar-refractivity contribution < 1.29 is 19.1 Å². The van der Waals surface area contributed by atoms with Crippen molar-refractivity contribution in [3.05, 3.63) is 48.4 Å². The summed E-state index contributed by atoms with van der Waals surface area (Å²) in [5.41, 5.74) is 8.56. The van der Waals surface area contributed by atoms with Gasteiger partial charge in [0.15, 0.2) is 0 Å². The van der Waals surface area contributed by atoms with Crippen molar-refractivity contribution in [2.45, 2.75) is 25.3 Å². The van der Waals surface area contributed by atoms with E-state index in [0.717, 1.165) is 37.0 Å². The Labute approximate surface area is 196 Å². The van der Waals surface area contributed by atoms with Gasteiger partial charge in [0.2, 0.25) is 5.91 Å². The summed E-state index contributed by atoms with van der Waals surface area (Å²) in [4.78, 5) is 28.4. The highest BCUT2D eigenvalue weighted by atomic mass is 16.5. The molecule has 176 valence electrons. The summed E-state index contributed by atoms with van der Waals surface area (Å²) in [6.45, 7) is 1.39. The van der Waals surface area contributed by atoms with Gasteiger partial charge in [-0.1, -0.05) is 12.1 Å². The van der Waals surface area contributed by atoms with Crippen LogP contribution in [0.3, 0.4) is 0 Å². The summed E-state index contributed by atoms with van der Waals surface area (Å²) in [6.07, 6.45) is 7.82. The van der Waals surface area contributed by atoms with E-state index in [1.807, 2.05) is 29.1 Å². The summed E-state index contributed by atoms with van der Waals surface area (Å²) < 4.78 is 13.1. The zero-order valence-electron chi connectivity index (χ0n) is 18.8. The molecule has 2 aliphatic rings. The number of aromatic nitrogens is 3. The fraction of sp³-hybridized carbons (Fsp3) is 0.333. The standard InChI is InChI=1S/C24H26N6O4/c1-33-22-17(15-10-27-30(12-15)16-7-8-34-13-16)3-2-4-19(22)28-20-9-21(26-11-18(20)23(25)31)29-24(32)14-5-6-14/h2-4,9-12,14,16H,5-8,13H2,1H3,(H2,25,31)(H2,26,28,29,32)/t16-/m1/s1. The van der Waals surface area contributed by atoms with Crippen LogP contribution in [0.15, 0.2) is 42.9 Å². The van der Waals surface area contributed by atoms with Crippen LogP contribution >= 0.6 is 0 Å². The molecule has 5 rings (SSSR count). The zero-order valence-corrected chi connectivity index (χ0v) is 18.8. The normalized spacial score (nSPS) is 17.4. The summed E-state index contributed by atoms with van der Waals surface area (Å²) in [7, 11) is 1.59.